The number of carbonyl (C=O) groups is 1. The quantitative estimate of drug-likeness (QED) is 0.525. The molecule has 70 valence electrons. The van der Waals surface area contributed by atoms with Crippen molar-refractivity contribution in [3.63, 3.8) is 0 Å². The number of likely N-dealkylation sites (N-methyl/N-ethyl adjacent to an activating group) is 2. The summed E-state index contributed by atoms with van der Waals surface area (Å²) in [4.78, 5) is 11.7. The Labute approximate surface area is 78.2 Å². The molecule has 2 N–H and O–H groups in total. The van der Waals surface area contributed by atoms with Crippen LogP contribution in [0.3, 0.4) is 0 Å². The van der Waals surface area contributed by atoms with Crippen LogP contribution in [-0.2, 0) is 0 Å². The molecule has 1 rings (SSSR count). The first-order valence-corrected chi connectivity index (χ1v) is 4.23. The molecular formula is C10H14N2O. The van der Waals surface area contributed by atoms with Crippen LogP contribution in [0.4, 0.5) is 0 Å². The van der Waals surface area contributed by atoms with Crippen LogP contribution in [0.15, 0.2) is 30.3 Å². The van der Waals surface area contributed by atoms with Crippen molar-refractivity contribution < 1.29 is 4.79 Å². The SMILES string of the molecule is CNC(NC)C(=O)c1ccccc1. The van der Waals surface area contributed by atoms with Crippen molar-refractivity contribution in [2.75, 3.05) is 14.1 Å². The summed E-state index contributed by atoms with van der Waals surface area (Å²) in [5, 5.41) is 5.78. The highest BCUT2D eigenvalue weighted by Crippen LogP contribution is 2.01. The summed E-state index contributed by atoms with van der Waals surface area (Å²) >= 11 is 0. The van der Waals surface area contributed by atoms with Gasteiger partial charge in [0.15, 0.2) is 5.78 Å². The Balaban J connectivity index is 2.78. The summed E-state index contributed by atoms with van der Waals surface area (Å²) in [5.74, 6) is 0.0607. The Kier molecular flexibility index (Phi) is 3.61. The number of Topliss-reactive ketones (excluding diaryl/α,β-unsaturated/α-hetero) is 1. The van der Waals surface area contributed by atoms with Crippen LogP contribution in [0.5, 0.6) is 0 Å². The molecule has 1 aromatic carbocycles. The van der Waals surface area contributed by atoms with Gasteiger partial charge in [0.05, 0.1) is 0 Å². The molecule has 0 spiro atoms. The largest absolute Gasteiger partial charge is 0.298 e. The molecule has 0 radical (unpaired) electrons. The third-order valence-corrected chi connectivity index (χ3v) is 1.90. The van der Waals surface area contributed by atoms with Crippen molar-refractivity contribution in [3.8, 4) is 0 Å². The predicted octanol–water partition coefficient (Wildman–Crippen LogP) is 0.634. The average molecular weight is 178 g/mol. The van der Waals surface area contributed by atoms with Crippen molar-refractivity contribution in [2.45, 2.75) is 6.17 Å². The highest BCUT2D eigenvalue weighted by molar-refractivity contribution is 5.99. The van der Waals surface area contributed by atoms with E-state index in [-0.39, 0.29) is 11.9 Å². The van der Waals surface area contributed by atoms with Crippen LogP contribution in [0.2, 0.25) is 0 Å². The highest BCUT2D eigenvalue weighted by Gasteiger charge is 2.14. The lowest BCUT2D eigenvalue weighted by Gasteiger charge is -2.13. The first-order chi connectivity index (χ1) is 6.29. The zero-order chi connectivity index (χ0) is 9.68. The molecule has 0 bridgehead atoms. The summed E-state index contributed by atoms with van der Waals surface area (Å²) in [7, 11) is 3.50. The lowest BCUT2D eigenvalue weighted by atomic mass is 10.1. The second-order valence-corrected chi connectivity index (χ2v) is 2.74. The molecule has 0 aliphatic rings. The maximum atomic E-state index is 11.7. The van der Waals surface area contributed by atoms with Gasteiger partial charge in [0.2, 0.25) is 0 Å². The van der Waals surface area contributed by atoms with E-state index in [1.165, 1.54) is 0 Å². The molecule has 3 nitrogen and oxygen atoms in total. The Morgan fingerprint density at radius 1 is 1.15 bits per heavy atom. The van der Waals surface area contributed by atoms with Crippen LogP contribution in [0, 0.1) is 0 Å². The fraction of sp³-hybridized carbons (Fsp3) is 0.300. The Morgan fingerprint density at radius 2 is 1.69 bits per heavy atom. The number of hydrogen-bond donors (Lipinski definition) is 2. The van der Waals surface area contributed by atoms with E-state index in [9.17, 15) is 4.79 Å². The predicted molar refractivity (Wildman–Crippen MR) is 52.7 cm³/mol. The smallest absolute Gasteiger partial charge is 0.194 e. The van der Waals surface area contributed by atoms with Crippen molar-refractivity contribution in [2.24, 2.45) is 0 Å². The monoisotopic (exact) mass is 178 g/mol. The summed E-state index contributed by atoms with van der Waals surface area (Å²) in [6, 6.07) is 9.23. The van der Waals surface area contributed by atoms with Crippen LogP contribution in [0.25, 0.3) is 0 Å². The van der Waals surface area contributed by atoms with Crippen LogP contribution >= 0.6 is 0 Å². The van der Waals surface area contributed by atoms with Gasteiger partial charge < -0.3 is 0 Å². The second kappa shape index (κ2) is 4.74. The maximum Gasteiger partial charge on any atom is 0.194 e. The zero-order valence-corrected chi connectivity index (χ0v) is 7.87. The van der Waals surface area contributed by atoms with Gasteiger partial charge in [-0.2, -0.15) is 0 Å². The van der Waals surface area contributed by atoms with E-state index in [2.05, 4.69) is 10.6 Å². The summed E-state index contributed by atoms with van der Waals surface area (Å²) in [5.41, 5.74) is 0.719. The van der Waals surface area contributed by atoms with E-state index >= 15 is 0 Å². The van der Waals surface area contributed by atoms with E-state index in [4.69, 9.17) is 0 Å². The molecule has 0 aliphatic carbocycles. The van der Waals surface area contributed by atoms with Gasteiger partial charge in [0, 0.05) is 5.56 Å². The van der Waals surface area contributed by atoms with Gasteiger partial charge in [0.1, 0.15) is 6.17 Å². The number of ketones is 1. The van der Waals surface area contributed by atoms with Gasteiger partial charge in [-0.25, -0.2) is 0 Å². The normalized spacial score (nSPS) is 10.4. The van der Waals surface area contributed by atoms with Crippen LogP contribution in [0.1, 0.15) is 10.4 Å². The topological polar surface area (TPSA) is 41.1 Å². The zero-order valence-electron chi connectivity index (χ0n) is 7.87. The molecule has 0 unspecified atom stereocenters. The molecule has 13 heavy (non-hydrogen) atoms. The number of nitrogens with one attached hydrogen (secondary N) is 2. The summed E-state index contributed by atoms with van der Waals surface area (Å²) in [6.07, 6.45) is -0.303. The number of carbonyl (C=O) groups excluding carboxylic acids is 1. The summed E-state index contributed by atoms with van der Waals surface area (Å²) < 4.78 is 0. The van der Waals surface area contributed by atoms with Gasteiger partial charge in [-0.1, -0.05) is 30.3 Å². The minimum Gasteiger partial charge on any atom is -0.298 e. The van der Waals surface area contributed by atoms with Crippen molar-refractivity contribution in [3.05, 3.63) is 35.9 Å². The molecule has 0 aliphatic heterocycles. The Hall–Kier alpha value is -1.19. The summed E-state index contributed by atoms with van der Waals surface area (Å²) in [6.45, 7) is 0. The third-order valence-electron chi connectivity index (χ3n) is 1.90. The van der Waals surface area contributed by atoms with Crippen molar-refractivity contribution in [1.82, 2.24) is 10.6 Å². The molecule has 0 saturated carbocycles. The van der Waals surface area contributed by atoms with E-state index in [1.807, 2.05) is 30.3 Å². The maximum absolute atomic E-state index is 11.7. The molecule has 0 fully saturated rings. The molecule has 3 heteroatoms. The fourth-order valence-electron chi connectivity index (χ4n) is 1.18. The molecule has 0 saturated heterocycles. The Bertz CT molecular complexity index is 268. The first-order valence-electron chi connectivity index (χ1n) is 4.23. The van der Waals surface area contributed by atoms with Gasteiger partial charge >= 0.3 is 0 Å². The standard InChI is InChI=1S/C10H14N2O/c1-11-10(12-2)9(13)8-6-4-3-5-7-8/h3-7,10-12H,1-2H3. The van der Waals surface area contributed by atoms with Gasteiger partial charge in [-0.3, -0.25) is 15.4 Å². The lowest BCUT2D eigenvalue weighted by molar-refractivity contribution is 0.0933. The minimum atomic E-state index is -0.303. The third kappa shape index (κ3) is 2.37. The van der Waals surface area contributed by atoms with E-state index < -0.39 is 0 Å². The van der Waals surface area contributed by atoms with E-state index in [0.29, 0.717) is 0 Å². The van der Waals surface area contributed by atoms with Crippen LogP contribution < -0.4 is 10.6 Å². The van der Waals surface area contributed by atoms with Gasteiger partial charge in [-0.05, 0) is 14.1 Å². The highest BCUT2D eigenvalue weighted by atomic mass is 16.1. The number of rotatable bonds is 4. The van der Waals surface area contributed by atoms with E-state index in [0.717, 1.165) is 5.56 Å². The fourth-order valence-corrected chi connectivity index (χ4v) is 1.18. The molecular weight excluding hydrogens is 164 g/mol. The minimum absolute atomic E-state index is 0.0607. The van der Waals surface area contributed by atoms with Gasteiger partial charge in [-0.15, -0.1) is 0 Å². The molecule has 0 aromatic heterocycles. The van der Waals surface area contributed by atoms with Crippen molar-refractivity contribution in [1.29, 1.82) is 0 Å². The first kappa shape index (κ1) is 9.89. The number of hydrogen-bond acceptors (Lipinski definition) is 3. The van der Waals surface area contributed by atoms with Gasteiger partial charge in [0.25, 0.3) is 0 Å². The van der Waals surface area contributed by atoms with Crippen LogP contribution in [-0.4, -0.2) is 26.0 Å². The lowest BCUT2D eigenvalue weighted by Crippen LogP contribution is -2.44. The Morgan fingerprint density at radius 3 is 2.15 bits per heavy atom. The molecule has 1 aromatic rings. The molecule has 0 amide bonds. The second-order valence-electron chi connectivity index (χ2n) is 2.74. The van der Waals surface area contributed by atoms with E-state index in [1.54, 1.807) is 14.1 Å². The molecule has 0 atom stereocenters. The molecule has 0 heterocycles. The number of benzene rings is 1. The van der Waals surface area contributed by atoms with Crippen molar-refractivity contribution >= 4 is 5.78 Å². The average Bonchev–Trinajstić information content (AvgIpc) is 2.21.